The van der Waals surface area contributed by atoms with Crippen LogP contribution in [0, 0.1) is 6.92 Å². The number of benzene rings is 2. The first-order valence-electron chi connectivity index (χ1n) is 7.70. The van der Waals surface area contributed by atoms with Crippen molar-refractivity contribution in [2.75, 3.05) is 5.32 Å². The number of amides is 1. The molecule has 0 atom stereocenters. The molecule has 0 saturated carbocycles. The van der Waals surface area contributed by atoms with Crippen LogP contribution in [0.4, 0.5) is 10.6 Å². The highest BCUT2D eigenvalue weighted by atomic mass is 16.5. The smallest absolute Gasteiger partial charge is 0.413 e. The zero-order valence-electron chi connectivity index (χ0n) is 13.7. The quantitative estimate of drug-likeness (QED) is 0.785. The summed E-state index contributed by atoms with van der Waals surface area (Å²) in [5.74, 6) is 0.608. The van der Waals surface area contributed by atoms with Gasteiger partial charge in [0.15, 0.2) is 0 Å². The molecule has 0 aliphatic heterocycles. The fourth-order valence-electron chi connectivity index (χ4n) is 2.39. The molecule has 0 fully saturated rings. The van der Waals surface area contributed by atoms with Gasteiger partial charge in [0.2, 0.25) is 0 Å². The fourth-order valence-corrected chi connectivity index (χ4v) is 2.39. The lowest BCUT2D eigenvalue weighted by Crippen LogP contribution is -2.16. The molecule has 122 valence electrons. The predicted octanol–water partition coefficient (Wildman–Crippen LogP) is 4.14. The van der Waals surface area contributed by atoms with E-state index >= 15 is 0 Å². The van der Waals surface area contributed by atoms with Gasteiger partial charge in [0.05, 0.1) is 6.20 Å². The summed E-state index contributed by atoms with van der Waals surface area (Å²) in [4.78, 5) is 12.1. The van der Waals surface area contributed by atoms with Gasteiger partial charge in [-0.3, -0.25) is 10.00 Å². The molecule has 3 aromatic rings. The number of ether oxygens (including phenoxy) is 1. The van der Waals surface area contributed by atoms with Gasteiger partial charge in [-0.25, -0.2) is 4.79 Å². The van der Waals surface area contributed by atoms with Crippen molar-refractivity contribution in [1.29, 1.82) is 0 Å². The van der Waals surface area contributed by atoms with Crippen molar-refractivity contribution in [2.45, 2.75) is 13.5 Å². The van der Waals surface area contributed by atoms with Gasteiger partial charge in [-0.1, -0.05) is 60.2 Å². The predicted molar refractivity (Wildman–Crippen MR) is 93.6 cm³/mol. The molecule has 5 nitrogen and oxygen atoms in total. The number of nitrogens with zero attached hydrogens (tertiary/aromatic N) is 2. The Labute approximate surface area is 140 Å². The van der Waals surface area contributed by atoms with Gasteiger partial charge in [0.1, 0.15) is 12.4 Å². The first kappa shape index (κ1) is 15.8. The Hall–Kier alpha value is -3.08. The summed E-state index contributed by atoms with van der Waals surface area (Å²) in [5, 5.41) is 7.01. The standard InChI is InChI=1S/C19H19N3O2/c1-14-8-10-16(11-9-14)17-12-20-22(2)18(17)21-19(23)24-13-15-6-4-3-5-7-15/h3-12H,13H2,1-2H3,(H,21,23). The van der Waals surface area contributed by atoms with Crippen molar-refractivity contribution in [1.82, 2.24) is 9.78 Å². The summed E-state index contributed by atoms with van der Waals surface area (Å²) in [6, 6.07) is 17.6. The zero-order valence-corrected chi connectivity index (χ0v) is 13.7. The summed E-state index contributed by atoms with van der Waals surface area (Å²) in [6.45, 7) is 2.26. The lowest BCUT2D eigenvalue weighted by Gasteiger charge is -2.10. The average molecular weight is 321 g/mol. The van der Waals surface area contributed by atoms with E-state index in [4.69, 9.17) is 4.74 Å². The molecule has 0 aliphatic carbocycles. The third kappa shape index (κ3) is 3.63. The number of rotatable bonds is 4. The summed E-state index contributed by atoms with van der Waals surface area (Å²) in [5.41, 5.74) is 3.97. The van der Waals surface area contributed by atoms with Crippen molar-refractivity contribution in [2.24, 2.45) is 7.05 Å². The molecule has 0 spiro atoms. The second kappa shape index (κ2) is 7.00. The molecule has 1 amide bonds. The van der Waals surface area contributed by atoms with E-state index in [1.165, 1.54) is 5.56 Å². The molecule has 0 radical (unpaired) electrons. The molecule has 0 bridgehead atoms. The lowest BCUT2D eigenvalue weighted by molar-refractivity contribution is 0.155. The third-order valence-electron chi connectivity index (χ3n) is 3.73. The van der Waals surface area contributed by atoms with Crippen molar-refractivity contribution in [3.8, 4) is 11.1 Å². The highest BCUT2D eigenvalue weighted by Crippen LogP contribution is 2.27. The maximum absolute atomic E-state index is 12.1. The Morgan fingerprint density at radius 2 is 1.83 bits per heavy atom. The molecule has 24 heavy (non-hydrogen) atoms. The third-order valence-corrected chi connectivity index (χ3v) is 3.73. The van der Waals surface area contributed by atoms with Crippen LogP contribution >= 0.6 is 0 Å². The SMILES string of the molecule is Cc1ccc(-c2cnn(C)c2NC(=O)OCc2ccccc2)cc1. The minimum absolute atomic E-state index is 0.227. The van der Waals surface area contributed by atoms with Crippen LogP contribution in [0.5, 0.6) is 0 Å². The maximum atomic E-state index is 12.1. The van der Waals surface area contributed by atoms with Crippen LogP contribution in [-0.2, 0) is 18.4 Å². The first-order chi connectivity index (χ1) is 11.6. The van der Waals surface area contributed by atoms with Crippen molar-refractivity contribution in [3.05, 3.63) is 71.9 Å². The van der Waals surface area contributed by atoms with Gasteiger partial charge in [-0.2, -0.15) is 5.10 Å². The highest BCUT2D eigenvalue weighted by molar-refractivity contribution is 5.89. The molecule has 5 heteroatoms. The van der Waals surface area contributed by atoms with Gasteiger partial charge in [0.25, 0.3) is 0 Å². The number of nitrogens with one attached hydrogen (secondary N) is 1. The van der Waals surface area contributed by atoms with Crippen LogP contribution in [0.2, 0.25) is 0 Å². The van der Waals surface area contributed by atoms with Crippen LogP contribution < -0.4 is 5.32 Å². The van der Waals surface area contributed by atoms with E-state index in [1.807, 2.05) is 61.5 Å². The van der Waals surface area contributed by atoms with Crippen molar-refractivity contribution in [3.63, 3.8) is 0 Å². The van der Waals surface area contributed by atoms with Gasteiger partial charge in [-0.05, 0) is 18.1 Å². The van der Waals surface area contributed by atoms with Gasteiger partial charge >= 0.3 is 6.09 Å². The molecule has 1 heterocycles. The van der Waals surface area contributed by atoms with Gasteiger partial charge in [0, 0.05) is 12.6 Å². The van der Waals surface area contributed by atoms with Crippen LogP contribution in [0.1, 0.15) is 11.1 Å². The summed E-state index contributed by atoms with van der Waals surface area (Å²) in [6.07, 6.45) is 1.23. The van der Waals surface area contributed by atoms with Crippen molar-refractivity contribution < 1.29 is 9.53 Å². The van der Waals surface area contributed by atoms with Gasteiger partial charge < -0.3 is 4.74 Å². The molecular formula is C19H19N3O2. The Kier molecular flexibility index (Phi) is 4.61. The zero-order chi connectivity index (χ0) is 16.9. The lowest BCUT2D eigenvalue weighted by atomic mass is 10.1. The van der Waals surface area contributed by atoms with E-state index < -0.39 is 6.09 Å². The van der Waals surface area contributed by atoms with E-state index in [9.17, 15) is 4.79 Å². The second-order valence-corrected chi connectivity index (χ2v) is 5.58. The summed E-state index contributed by atoms with van der Waals surface area (Å²) in [7, 11) is 1.78. The minimum atomic E-state index is -0.504. The summed E-state index contributed by atoms with van der Waals surface area (Å²) < 4.78 is 6.90. The van der Waals surface area contributed by atoms with Gasteiger partial charge in [-0.15, -0.1) is 0 Å². The average Bonchev–Trinajstić information content (AvgIpc) is 2.95. The Morgan fingerprint density at radius 3 is 2.54 bits per heavy atom. The second-order valence-electron chi connectivity index (χ2n) is 5.58. The normalized spacial score (nSPS) is 10.4. The van der Waals surface area contributed by atoms with E-state index in [0.29, 0.717) is 5.82 Å². The largest absolute Gasteiger partial charge is 0.444 e. The molecule has 0 aliphatic rings. The summed E-state index contributed by atoms with van der Waals surface area (Å²) >= 11 is 0. The number of hydrogen-bond donors (Lipinski definition) is 1. The molecule has 1 aromatic heterocycles. The molecule has 0 unspecified atom stereocenters. The molecule has 1 N–H and O–H groups in total. The number of carbonyl (C=O) groups excluding carboxylic acids is 1. The van der Waals surface area contributed by atoms with E-state index in [1.54, 1.807) is 17.9 Å². The Morgan fingerprint density at radius 1 is 1.12 bits per heavy atom. The number of carbonyl (C=O) groups is 1. The molecular weight excluding hydrogens is 302 g/mol. The number of aryl methyl sites for hydroxylation is 2. The maximum Gasteiger partial charge on any atom is 0.413 e. The monoisotopic (exact) mass is 321 g/mol. The Balaban J connectivity index is 1.72. The fraction of sp³-hybridized carbons (Fsp3) is 0.158. The first-order valence-corrected chi connectivity index (χ1v) is 7.70. The van der Waals surface area contributed by atoms with Crippen LogP contribution in [0.25, 0.3) is 11.1 Å². The molecule has 0 saturated heterocycles. The van der Waals surface area contributed by atoms with E-state index in [2.05, 4.69) is 10.4 Å². The van der Waals surface area contributed by atoms with E-state index in [0.717, 1.165) is 16.7 Å². The molecule has 2 aromatic carbocycles. The van der Waals surface area contributed by atoms with Crippen molar-refractivity contribution >= 4 is 11.9 Å². The van der Waals surface area contributed by atoms with Crippen LogP contribution in [0.15, 0.2) is 60.8 Å². The number of anilines is 1. The molecule has 3 rings (SSSR count). The van der Waals surface area contributed by atoms with Crippen LogP contribution in [-0.4, -0.2) is 15.9 Å². The van der Waals surface area contributed by atoms with Crippen LogP contribution in [0.3, 0.4) is 0 Å². The Bertz CT molecular complexity index is 824. The minimum Gasteiger partial charge on any atom is -0.444 e. The number of aromatic nitrogens is 2. The highest BCUT2D eigenvalue weighted by Gasteiger charge is 2.14. The number of hydrogen-bond acceptors (Lipinski definition) is 3. The topological polar surface area (TPSA) is 56.2 Å². The van der Waals surface area contributed by atoms with E-state index in [-0.39, 0.29) is 6.61 Å².